The summed E-state index contributed by atoms with van der Waals surface area (Å²) in [6.45, 7) is 0.114. The van der Waals surface area contributed by atoms with Crippen LogP contribution in [0.3, 0.4) is 0 Å². The van der Waals surface area contributed by atoms with E-state index in [1.165, 1.54) is 19.2 Å². The molecule has 2 aromatic rings. The van der Waals surface area contributed by atoms with E-state index in [1.807, 2.05) is 30.3 Å². The van der Waals surface area contributed by atoms with Crippen LogP contribution in [0.4, 0.5) is 0 Å². The first-order valence-corrected chi connectivity index (χ1v) is 10.2. The Kier molecular flexibility index (Phi) is 8.12. The molecule has 8 nitrogen and oxygen atoms in total. The number of benzene rings is 2. The third kappa shape index (κ3) is 5.67. The number of aliphatic hydroxyl groups is 3. The average molecular weight is 472 g/mol. The van der Waals surface area contributed by atoms with Crippen LogP contribution < -0.4 is 10.1 Å². The molecule has 10 heteroatoms. The number of carbonyl (C=O) groups excluding carboxylic acids is 1. The molecule has 0 saturated carbocycles. The lowest BCUT2D eigenvalue weighted by molar-refractivity contribution is -0.288. The number of halogens is 2. The molecule has 1 aliphatic rings. The van der Waals surface area contributed by atoms with Gasteiger partial charge in [0, 0.05) is 19.2 Å². The first-order chi connectivity index (χ1) is 14.8. The van der Waals surface area contributed by atoms with Crippen molar-refractivity contribution in [3.63, 3.8) is 0 Å². The van der Waals surface area contributed by atoms with Crippen molar-refractivity contribution < 1.29 is 34.3 Å². The Morgan fingerprint density at radius 1 is 1.06 bits per heavy atom. The number of amides is 1. The van der Waals surface area contributed by atoms with Gasteiger partial charge in [0.05, 0.1) is 10.0 Å². The molecule has 1 amide bonds. The summed E-state index contributed by atoms with van der Waals surface area (Å²) in [5.41, 5.74) is 1.11. The van der Waals surface area contributed by atoms with Crippen molar-refractivity contribution in [1.82, 2.24) is 5.32 Å². The van der Waals surface area contributed by atoms with E-state index >= 15 is 0 Å². The third-order valence-corrected chi connectivity index (χ3v) is 5.41. The Balaban J connectivity index is 1.63. The SMILES string of the molecule is CO[C@H]1O[C@H](CNC(=O)c2cc(Cl)c(OCc3ccccc3)c(Cl)c2)[C@@H](O)[C@H](O)[C@H]1O. The normalized spacial score (nSPS) is 25.8. The van der Waals surface area contributed by atoms with Gasteiger partial charge in [0.25, 0.3) is 5.91 Å². The summed E-state index contributed by atoms with van der Waals surface area (Å²) in [4.78, 5) is 12.5. The number of nitrogens with one attached hydrogen (secondary N) is 1. The number of hydrogen-bond acceptors (Lipinski definition) is 7. The van der Waals surface area contributed by atoms with Crippen LogP contribution in [-0.2, 0) is 16.1 Å². The Labute approximate surface area is 189 Å². The monoisotopic (exact) mass is 471 g/mol. The second kappa shape index (κ2) is 10.6. The molecular weight excluding hydrogens is 449 g/mol. The van der Waals surface area contributed by atoms with Crippen LogP contribution in [0.15, 0.2) is 42.5 Å². The fourth-order valence-electron chi connectivity index (χ4n) is 3.13. The van der Waals surface area contributed by atoms with Crippen molar-refractivity contribution in [2.24, 2.45) is 0 Å². The highest BCUT2D eigenvalue weighted by Crippen LogP contribution is 2.35. The van der Waals surface area contributed by atoms with Crippen molar-refractivity contribution in [3.8, 4) is 5.75 Å². The molecule has 4 N–H and O–H groups in total. The lowest BCUT2D eigenvalue weighted by Gasteiger charge is -2.39. The van der Waals surface area contributed by atoms with Crippen molar-refractivity contribution in [3.05, 3.63) is 63.6 Å². The molecular formula is C21H23Cl2NO7. The molecule has 1 fully saturated rings. The molecule has 168 valence electrons. The van der Waals surface area contributed by atoms with E-state index in [0.717, 1.165) is 5.56 Å². The highest BCUT2D eigenvalue weighted by atomic mass is 35.5. The highest BCUT2D eigenvalue weighted by Gasteiger charge is 2.43. The topological polar surface area (TPSA) is 117 Å². The van der Waals surface area contributed by atoms with Gasteiger partial charge in [-0.1, -0.05) is 53.5 Å². The summed E-state index contributed by atoms with van der Waals surface area (Å²) in [6.07, 6.45) is -6.43. The summed E-state index contributed by atoms with van der Waals surface area (Å²) in [5, 5.41) is 32.7. The minimum absolute atomic E-state index is 0.148. The van der Waals surface area contributed by atoms with Crippen LogP contribution in [0.25, 0.3) is 0 Å². The summed E-state index contributed by atoms with van der Waals surface area (Å²) in [6, 6.07) is 12.3. The zero-order valence-corrected chi connectivity index (χ0v) is 18.1. The maximum atomic E-state index is 12.5. The molecule has 1 aliphatic heterocycles. The smallest absolute Gasteiger partial charge is 0.251 e. The van der Waals surface area contributed by atoms with Gasteiger partial charge in [-0.2, -0.15) is 0 Å². The van der Waals surface area contributed by atoms with E-state index in [4.69, 9.17) is 37.4 Å². The number of rotatable bonds is 7. The maximum Gasteiger partial charge on any atom is 0.251 e. The molecule has 5 atom stereocenters. The summed E-state index contributed by atoms with van der Waals surface area (Å²) >= 11 is 12.5. The van der Waals surface area contributed by atoms with Gasteiger partial charge in [-0.25, -0.2) is 0 Å². The van der Waals surface area contributed by atoms with Crippen molar-refractivity contribution in [2.75, 3.05) is 13.7 Å². The van der Waals surface area contributed by atoms with Crippen molar-refractivity contribution in [1.29, 1.82) is 0 Å². The second-order valence-electron chi connectivity index (χ2n) is 7.00. The van der Waals surface area contributed by atoms with E-state index in [0.29, 0.717) is 0 Å². The Hall–Kier alpha value is -1.91. The van der Waals surface area contributed by atoms with E-state index < -0.39 is 36.6 Å². The molecule has 0 unspecified atom stereocenters. The van der Waals surface area contributed by atoms with Crippen LogP contribution in [0.1, 0.15) is 15.9 Å². The van der Waals surface area contributed by atoms with Gasteiger partial charge in [0.1, 0.15) is 31.0 Å². The minimum atomic E-state index is -1.48. The summed E-state index contributed by atoms with van der Waals surface area (Å²) < 4.78 is 16.0. The van der Waals surface area contributed by atoms with Crippen LogP contribution >= 0.6 is 23.2 Å². The number of methoxy groups -OCH3 is 1. The molecule has 1 heterocycles. The Morgan fingerprint density at radius 2 is 1.71 bits per heavy atom. The zero-order chi connectivity index (χ0) is 22.5. The minimum Gasteiger partial charge on any atom is -0.486 e. The third-order valence-electron chi connectivity index (χ3n) is 4.85. The van der Waals surface area contributed by atoms with E-state index in [2.05, 4.69) is 5.32 Å². The first-order valence-electron chi connectivity index (χ1n) is 9.48. The molecule has 0 aromatic heterocycles. The lowest BCUT2D eigenvalue weighted by Crippen LogP contribution is -2.60. The highest BCUT2D eigenvalue weighted by molar-refractivity contribution is 6.37. The quantitative estimate of drug-likeness (QED) is 0.485. The maximum absolute atomic E-state index is 12.5. The van der Waals surface area contributed by atoms with E-state index in [-0.39, 0.29) is 34.5 Å². The molecule has 3 rings (SSSR count). The predicted octanol–water partition coefficient (Wildman–Crippen LogP) is 1.76. The fourth-order valence-corrected chi connectivity index (χ4v) is 3.73. The zero-order valence-electron chi connectivity index (χ0n) is 16.6. The van der Waals surface area contributed by atoms with Crippen LogP contribution in [0.5, 0.6) is 5.75 Å². The van der Waals surface area contributed by atoms with Gasteiger partial charge in [-0.3, -0.25) is 4.79 Å². The number of hydrogen-bond donors (Lipinski definition) is 4. The van der Waals surface area contributed by atoms with Crippen LogP contribution in [0, 0.1) is 0 Å². The van der Waals surface area contributed by atoms with Gasteiger partial charge < -0.3 is 34.8 Å². The molecule has 1 saturated heterocycles. The predicted molar refractivity (Wildman–Crippen MR) is 113 cm³/mol. The van der Waals surface area contributed by atoms with Crippen molar-refractivity contribution in [2.45, 2.75) is 37.3 Å². The number of ether oxygens (including phenoxy) is 3. The Bertz CT molecular complexity index is 874. The fraction of sp³-hybridized carbons (Fsp3) is 0.381. The van der Waals surface area contributed by atoms with E-state index in [1.54, 1.807) is 0 Å². The standard InChI is InChI=1S/C21H23Cl2NO7/c1-29-21-18(27)17(26)16(25)15(31-21)9-24-20(28)12-7-13(22)19(14(23)8-12)30-10-11-5-3-2-4-6-11/h2-8,15-18,21,25-27H,9-10H2,1H3,(H,24,28)/t15-,16-,17+,18-,21+/m1/s1. The number of aliphatic hydroxyl groups excluding tert-OH is 3. The van der Waals surface area contributed by atoms with Gasteiger partial charge in [0.2, 0.25) is 0 Å². The molecule has 2 aromatic carbocycles. The van der Waals surface area contributed by atoms with Crippen LogP contribution in [-0.4, -0.2) is 65.6 Å². The summed E-state index contributed by atoms with van der Waals surface area (Å²) in [7, 11) is 1.29. The largest absolute Gasteiger partial charge is 0.486 e. The van der Waals surface area contributed by atoms with Gasteiger partial charge >= 0.3 is 0 Å². The van der Waals surface area contributed by atoms with Gasteiger partial charge in [-0.05, 0) is 17.7 Å². The lowest BCUT2D eigenvalue weighted by atomic mass is 9.99. The molecule has 0 bridgehead atoms. The first kappa shape index (κ1) is 23.7. The van der Waals surface area contributed by atoms with E-state index in [9.17, 15) is 20.1 Å². The Morgan fingerprint density at radius 3 is 2.32 bits per heavy atom. The molecule has 0 spiro atoms. The van der Waals surface area contributed by atoms with Crippen molar-refractivity contribution >= 4 is 29.1 Å². The molecule has 0 aliphatic carbocycles. The second-order valence-corrected chi connectivity index (χ2v) is 7.82. The molecule has 0 radical (unpaired) electrons. The average Bonchev–Trinajstić information content (AvgIpc) is 2.77. The van der Waals surface area contributed by atoms with Crippen LogP contribution in [0.2, 0.25) is 10.0 Å². The van der Waals surface area contributed by atoms with Gasteiger partial charge in [0.15, 0.2) is 12.0 Å². The number of carbonyl (C=O) groups is 1. The van der Waals surface area contributed by atoms with Gasteiger partial charge in [-0.15, -0.1) is 0 Å². The summed E-state index contributed by atoms with van der Waals surface area (Å²) in [5.74, 6) is -0.265. The molecule has 31 heavy (non-hydrogen) atoms.